The molecule has 0 unspecified atom stereocenters. The van der Waals surface area contributed by atoms with Crippen molar-refractivity contribution in [3.63, 3.8) is 0 Å². The molecule has 1 N–H and O–H groups in total. The van der Waals surface area contributed by atoms with Crippen LogP contribution in [-0.2, 0) is 10.0 Å². The fraction of sp³-hybridized carbons (Fsp3) is 0.0833. The fourth-order valence-electron chi connectivity index (χ4n) is 3.29. The van der Waals surface area contributed by atoms with Crippen molar-refractivity contribution in [1.82, 2.24) is 4.98 Å². The number of aromatic nitrogens is 1. The van der Waals surface area contributed by atoms with E-state index >= 15 is 0 Å². The number of para-hydroxylation sites is 1. The van der Waals surface area contributed by atoms with Gasteiger partial charge in [0.1, 0.15) is 5.75 Å². The largest absolute Gasteiger partial charge is 0.497 e. The van der Waals surface area contributed by atoms with Gasteiger partial charge in [0.05, 0.1) is 28.9 Å². The lowest BCUT2D eigenvalue weighted by molar-refractivity contribution is 0.102. The fourth-order valence-corrected chi connectivity index (χ4v) is 4.53. The second-order valence-electron chi connectivity index (χ2n) is 7.03. The predicted octanol–water partition coefficient (Wildman–Crippen LogP) is 4.32. The van der Waals surface area contributed by atoms with E-state index in [-0.39, 0.29) is 10.5 Å². The van der Waals surface area contributed by atoms with E-state index in [1.54, 1.807) is 55.8 Å². The van der Waals surface area contributed by atoms with Crippen LogP contribution < -0.4 is 14.4 Å². The monoisotopic (exact) mass is 447 g/mol. The molecular formula is C24H21N3O4S. The standard InChI is InChI=1S/C24H21N3O4S/c1-27(19-11-13-20(31-2)14-12-19)32(29,30)21-9-3-7-18(16-21)24(28)26-22-10-4-6-17-8-5-15-25-23(17)22/h3-16H,1-2H3,(H,26,28). The molecule has 0 saturated heterocycles. The molecule has 0 fully saturated rings. The highest BCUT2D eigenvalue weighted by molar-refractivity contribution is 7.92. The number of fused-ring (bicyclic) bond motifs is 1. The molecule has 0 bridgehead atoms. The van der Waals surface area contributed by atoms with E-state index in [0.717, 1.165) is 9.69 Å². The molecule has 0 aliphatic carbocycles. The van der Waals surface area contributed by atoms with Gasteiger partial charge in [0.25, 0.3) is 15.9 Å². The number of nitrogens with zero attached hydrogens (tertiary/aromatic N) is 2. The molecular weight excluding hydrogens is 426 g/mol. The quantitative estimate of drug-likeness (QED) is 0.476. The molecule has 0 aliphatic rings. The Hall–Kier alpha value is -3.91. The van der Waals surface area contributed by atoms with Crippen LogP contribution in [0.4, 0.5) is 11.4 Å². The van der Waals surface area contributed by atoms with Crippen LogP contribution in [0.2, 0.25) is 0 Å². The number of rotatable bonds is 6. The van der Waals surface area contributed by atoms with E-state index in [2.05, 4.69) is 10.3 Å². The number of amides is 1. The minimum atomic E-state index is -3.87. The maximum atomic E-state index is 13.1. The number of ether oxygens (including phenoxy) is 1. The molecule has 8 heteroatoms. The van der Waals surface area contributed by atoms with Gasteiger partial charge in [0.15, 0.2) is 0 Å². The van der Waals surface area contributed by atoms with Gasteiger partial charge >= 0.3 is 0 Å². The van der Waals surface area contributed by atoms with E-state index in [4.69, 9.17) is 4.74 Å². The summed E-state index contributed by atoms with van der Waals surface area (Å²) in [6.07, 6.45) is 1.65. The highest BCUT2D eigenvalue weighted by Crippen LogP contribution is 2.26. The number of nitrogens with one attached hydrogen (secondary N) is 1. The number of hydrogen-bond acceptors (Lipinski definition) is 5. The Morgan fingerprint density at radius 1 is 0.969 bits per heavy atom. The number of carbonyl (C=O) groups is 1. The van der Waals surface area contributed by atoms with Gasteiger partial charge in [-0.25, -0.2) is 8.42 Å². The summed E-state index contributed by atoms with van der Waals surface area (Å²) in [5, 5.41) is 3.72. The van der Waals surface area contributed by atoms with E-state index in [0.29, 0.717) is 22.6 Å². The zero-order valence-corrected chi connectivity index (χ0v) is 18.3. The second-order valence-corrected chi connectivity index (χ2v) is 9.00. The van der Waals surface area contributed by atoms with Gasteiger partial charge in [-0.2, -0.15) is 0 Å². The normalized spacial score (nSPS) is 11.2. The van der Waals surface area contributed by atoms with Crippen molar-refractivity contribution in [1.29, 1.82) is 0 Å². The molecule has 4 aromatic rings. The molecule has 4 rings (SSSR count). The third kappa shape index (κ3) is 4.13. The molecule has 0 aliphatic heterocycles. The SMILES string of the molecule is COc1ccc(N(C)S(=O)(=O)c2cccc(C(=O)Nc3cccc4cccnc34)c2)cc1. The molecule has 32 heavy (non-hydrogen) atoms. The van der Waals surface area contributed by atoms with Gasteiger partial charge in [-0.15, -0.1) is 0 Å². The highest BCUT2D eigenvalue weighted by Gasteiger charge is 2.22. The topological polar surface area (TPSA) is 88.6 Å². The van der Waals surface area contributed by atoms with Crippen molar-refractivity contribution in [2.45, 2.75) is 4.90 Å². The van der Waals surface area contributed by atoms with Gasteiger partial charge in [0, 0.05) is 24.2 Å². The molecule has 0 radical (unpaired) electrons. The first kappa shape index (κ1) is 21.3. The lowest BCUT2D eigenvalue weighted by Gasteiger charge is -2.20. The van der Waals surface area contributed by atoms with Crippen molar-refractivity contribution in [3.8, 4) is 5.75 Å². The Labute approximate surface area is 186 Å². The molecule has 0 atom stereocenters. The van der Waals surface area contributed by atoms with Gasteiger partial charge in [-0.3, -0.25) is 14.1 Å². The van der Waals surface area contributed by atoms with Crippen LogP contribution in [0.25, 0.3) is 10.9 Å². The molecule has 0 saturated carbocycles. The highest BCUT2D eigenvalue weighted by atomic mass is 32.2. The van der Waals surface area contributed by atoms with Crippen LogP contribution in [0.5, 0.6) is 5.75 Å². The van der Waals surface area contributed by atoms with Crippen LogP contribution in [0.15, 0.2) is 90.0 Å². The first-order valence-corrected chi connectivity index (χ1v) is 11.2. The first-order chi connectivity index (χ1) is 15.4. The Bertz CT molecular complexity index is 1380. The van der Waals surface area contributed by atoms with Crippen molar-refractivity contribution in [3.05, 3.63) is 90.6 Å². The Morgan fingerprint density at radius 3 is 2.44 bits per heavy atom. The van der Waals surface area contributed by atoms with Crippen LogP contribution >= 0.6 is 0 Å². The third-order valence-corrected chi connectivity index (χ3v) is 6.85. The van der Waals surface area contributed by atoms with Crippen molar-refractivity contribution < 1.29 is 17.9 Å². The van der Waals surface area contributed by atoms with E-state index in [9.17, 15) is 13.2 Å². The minimum Gasteiger partial charge on any atom is -0.497 e. The van der Waals surface area contributed by atoms with Crippen molar-refractivity contribution in [2.24, 2.45) is 0 Å². The van der Waals surface area contributed by atoms with Crippen LogP contribution in [0.3, 0.4) is 0 Å². The summed E-state index contributed by atoms with van der Waals surface area (Å²) in [4.78, 5) is 17.2. The summed E-state index contributed by atoms with van der Waals surface area (Å²) < 4.78 is 32.6. The number of anilines is 2. The molecule has 0 spiro atoms. The minimum absolute atomic E-state index is 0.0134. The molecule has 162 valence electrons. The maximum absolute atomic E-state index is 13.1. The third-order valence-electron chi connectivity index (χ3n) is 5.07. The Balaban J connectivity index is 1.61. The molecule has 7 nitrogen and oxygen atoms in total. The average Bonchev–Trinajstić information content (AvgIpc) is 2.84. The number of carbonyl (C=O) groups excluding carboxylic acids is 1. The maximum Gasteiger partial charge on any atom is 0.264 e. The summed E-state index contributed by atoms with van der Waals surface area (Å²) in [6, 6.07) is 21.8. The van der Waals surface area contributed by atoms with Gasteiger partial charge in [0.2, 0.25) is 0 Å². The number of pyridine rings is 1. The van der Waals surface area contributed by atoms with E-state index in [1.807, 2.05) is 24.3 Å². The molecule has 1 heterocycles. The summed E-state index contributed by atoms with van der Waals surface area (Å²) >= 11 is 0. The Kier molecular flexibility index (Phi) is 5.79. The lowest BCUT2D eigenvalue weighted by atomic mass is 10.1. The molecule has 1 amide bonds. The van der Waals surface area contributed by atoms with E-state index in [1.165, 1.54) is 19.2 Å². The van der Waals surface area contributed by atoms with Crippen molar-refractivity contribution >= 4 is 38.2 Å². The summed E-state index contributed by atoms with van der Waals surface area (Å²) in [5.74, 6) is 0.202. The van der Waals surface area contributed by atoms with Gasteiger partial charge in [-0.1, -0.05) is 24.3 Å². The van der Waals surface area contributed by atoms with Gasteiger partial charge in [-0.05, 0) is 54.6 Å². The zero-order chi connectivity index (χ0) is 22.7. The summed E-state index contributed by atoms with van der Waals surface area (Å²) in [7, 11) is -0.869. The molecule has 1 aromatic heterocycles. The summed E-state index contributed by atoms with van der Waals surface area (Å²) in [5.41, 5.74) is 1.91. The van der Waals surface area contributed by atoms with Crippen LogP contribution in [0.1, 0.15) is 10.4 Å². The Morgan fingerprint density at radius 2 is 1.69 bits per heavy atom. The second kappa shape index (κ2) is 8.68. The lowest BCUT2D eigenvalue weighted by Crippen LogP contribution is -2.26. The van der Waals surface area contributed by atoms with Crippen molar-refractivity contribution in [2.75, 3.05) is 23.8 Å². The van der Waals surface area contributed by atoms with E-state index < -0.39 is 15.9 Å². The first-order valence-electron chi connectivity index (χ1n) is 9.78. The number of sulfonamides is 1. The van der Waals surface area contributed by atoms with Crippen LogP contribution in [-0.4, -0.2) is 33.5 Å². The smallest absolute Gasteiger partial charge is 0.264 e. The average molecular weight is 448 g/mol. The van der Waals surface area contributed by atoms with Crippen LogP contribution in [0, 0.1) is 0 Å². The number of methoxy groups -OCH3 is 1. The van der Waals surface area contributed by atoms with Gasteiger partial charge < -0.3 is 10.1 Å². The predicted molar refractivity (Wildman–Crippen MR) is 125 cm³/mol. The zero-order valence-electron chi connectivity index (χ0n) is 17.5. The number of benzene rings is 3. The molecule has 3 aromatic carbocycles. The number of hydrogen-bond donors (Lipinski definition) is 1. The summed E-state index contributed by atoms with van der Waals surface area (Å²) in [6.45, 7) is 0.